The van der Waals surface area contributed by atoms with Crippen LogP contribution < -0.4 is 4.72 Å². The van der Waals surface area contributed by atoms with Crippen molar-refractivity contribution >= 4 is 16.1 Å². The summed E-state index contributed by atoms with van der Waals surface area (Å²) in [7, 11) is -3.85. The number of urea groups is 1. The van der Waals surface area contributed by atoms with E-state index in [4.69, 9.17) is 4.84 Å². The first-order chi connectivity index (χ1) is 8.99. The van der Waals surface area contributed by atoms with Crippen molar-refractivity contribution in [3.8, 4) is 0 Å². The topological polar surface area (TPSA) is 75.7 Å². The van der Waals surface area contributed by atoms with Crippen molar-refractivity contribution in [2.45, 2.75) is 24.7 Å². The molecule has 6 nitrogen and oxygen atoms in total. The molecule has 0 unspecified atom stereocenters. The minimum atomic E-state index is -3.85. The Hall–Kier alpha value is -1.60. The number of sulfonamides is 1. The number of carbonyl (C=O) groups excluding carboxylic acids is 1. The molecule has 1 N–H and O–H groups in total. The molecule has 0 bridgehead atoms. The van der Waals surface area contributed by atoms with Gasteiger partial charge in [-0.2, -0.15) is 0 Å². The standard InChI is InChI=1S/C12H16N2O4S/c1-10-4-6-11(7-5-10)19(16,17)13-12(15)14-8-2-3-9-18-14/h4-7H,2-3,8-9H2,1H3,(H,13,15). The molecule has 0 aromatic heterocycles. The van der Waals surface area contributed by atoms with Crippen LogP contribution in [0, 0.1) is 6.92 Å². The summed E-state index contributed by atoms with van der Waals surface area (Å²) in [6, 6.07) is 5.52. The number of carbonyl (C=O) groups is 1. The molecule has 1 aliphatic heterocycles. The number of amides is 2. The molecule has 0 radical (unpaired) electrons. The third-order valence-electron chi connectivity index (χ3n) is 2.78. The lowest BCUT2D eigenvalue weighted by Crippen LogP contribution is -2.44. The fraction of sp³-hybridized carbons (Fsp3) is 0.417. The van der Waals surface area contributed by atoms with E-state index >= 15 is 0 Å². The molecule has 1 aromatic rings. The summed E-state index contributed by atoms with van der Waals surface area (Å²) in [5, 5.41) is 1.05. The van der Waals surface area contributed by atoms with Crippen LogP contribution in [0.1, 0.15) is 18.4 Å². The van der Waals surface area contributed by atoms with Crippen molar-refractivity contribution in [2.24, 2.45) is 0 Å². The van der Waals surface area contributed by atoms with E-state index in [1.807, 2.05) is 11.6 Å². The van der Waals surface area contributed by atoms with Gasteiger partial charge in [-0.3, -0.25) is 4.84 Å². The Morgan fingerprint density at radius 1 is 1.26 bits per heavy atom. The first-order valence-corrected chi connectivity index (χ1v) is 7.51. The normalized spacial score (nSPS) is 16.2. The zero-order valence-electron chi connectivity index (χ0n) is 10.6. The van der Waals surface area contributed by atoms with Gasteiger partial charge in [-0.1, -0.05) is 17.7 Å². The van der Waals surface area contributed by atoms with Crippen molar-refractivity contribution in [2.75, 3.05) is 13.2 Å². The van der Waals surface area contributed by atoms with E-state index in [0.717, 1.165) is 23.5 Å². The van der Waals surface area contributed by atoms with Gasteiger partial charge in [0.1, 0.15) is 0 Å². The van der Waals surface area contributed by atoms with Crippen LogP contribution in [0.5, 0.6) is 0 Å². The van der Waals surface area contributed by atoms with Crippen LogP contribution in [0.4, 0.5) is 4.79 Å². The highest BCUT2D eigenvalue weighted by Gasteiger charge is 2.23. The summed E-state index contributed by atoms with van der Waals surface area (Å²) in [5.41, 5.74) is 0.949. The van der Waals surface area contributed by atoms with Gasteiger partial charge in [0.2, 0.25) is 0 Å². The second-order valence-electron chi connectivity index (χ2n) is 4.37. The molecule has 19 heavy (non-hydrogen) atoms. The Morgan fingerprint density at radius 2 is 1.95 bits per heavy atom. The van der Waals surface area contributed by atoms with Crippen LogP contribution in [0.15, 0.2) is 29.2 Å². The quantitative estimate of drug-likeness (QED) is 0.891. The van der Waals surface area contributed by atoms with Crippen molar-refractivity contribution in [1.82, 2.24) is 9.79 Å². The third-order valence-corrected chi connectivity index (χ3v) is 4.12. The first-order valence-electron chi connectivity index (χ1n) is 6.03. The number of nitrogens with one attached hydrogen (secondary N) is 1. The summed E-state index contributed by atoms with van der Waals surface area (Å²) >= 11 is 0. The highest BCUT2D eigenvalue weighted by atomic mass is 32.2. The Labute approximate surface area is 112 Å². The van der Waals surface area contributed by atoms with E-state index < -0.39 is 16.1 Å². The lowest BCUT2D eigenvalue weighted by atomic mass is 10.2. The Balaban J connectivity index is 2.08. The lowest BCUT2D eigenvalue weighted by Gasteiger charge is -2.25. The van der Waals surface area contributed by atoms with Crippen LogP contribution in [0.3, 0.4) is 0 Å². The molecule has 1 fully saturated rings. The summed E-state index contributed by atoms with van der Waals surface area (Å²) in [5.74, 6) is 0. The van der Waals surface area contributed by atoms with Gasteiger partial charge >= 0.3 is 6.03 Å². The first kappa shape index (κ1) is 13.8. The molecule has 0 aliphatic carbocycles. The molecule has 1 aliphatic rings. The molecular weight excluding hydrogens is 268 g/mol. The van der Waals surface area contributed by atoms with E-state index in [-0.39, 0.29) is 4.90 Å². The minimum Gasteiger partial charge on any atom is -0.269 e. The molecule has 104 valence electrons. The Kier molecular flexibility index (Phi) is 4.06. The SMILES string of the molecule is Cc1ccc(S(=O)(=O)NC(=O)N2CCCCO2)cc1. The summed E-state index contributed by atoms with van der Waals surface area (Å²) < 4.78 is 26.0. The average molecular weight is 284 g/mol. The zero-order valence-corrected chi connectivity index (χ0v) is 11.4. The van der Waals surface area contributed by atoms with Crippen LogP contribution in [-0.4, -0.2) is 32.7 Å². The Bertz CT molecular complexity index is 548. The number of rotatable bonds is 2. The van der Waals surface area contributed by atoms with Gasteiger partial charge in [-0.15, -0.1) is 0 Å². The highest BCUT2D eigenvalue weighted by molar-refractivity contribution is 7.90. The molecule has 7 heteroatoms. The van der Waals surface area contributed by atoms with E-state index in [0.29, 0.717) is 13.2 Å². The molecule has 2 rings (SSSR count). The molecule has 1 aromatic carbocycles. The van der Waals surface area contributed by atoms with Gasteiger partial charge in [-0.05, 0) is 31.9 Å². The van der Waals surface area contributed by atoms with Crippen LogP contribution >= 0.6 is 0 Å². The maximum absolute atomic E-state index is 12.0. The van der Waals surface area contributed by atoms with Crippen LogP contribution in [0.25, 0.3) is 0 Å². The maximum Gasteiger partial charge on any atom is 0.355 e. The van der Waals surface area contributed by atoms with Gasteiger partial charge < -0.3 is 0 Å². The van der Waals surface area contributed by atoms with Crippen molar-refractivity contribution < 1.29 is 18.0 Å². The van der Waals surface area contributed by atoms with E-state index in [1.165, 1.54) is 12.1 Å². The number of benzene rings is 1. The van der Waals surface area contributed by atoms with Gasteiger partial charge in [0.25, 0.3) is 10.0 Å². The third kappa shape index (κ3) is 3.45. The fourth-order valence-electron chi connectivity index (χ4n) is 1.70. The average Bonchev–Trinajstić information content (AvgIpc) is 2.40. The van der Waals surface area contributed by atoms with E-state index in [2.05, 4.69) is 0 Å². The minimum absolute atomic E-state index is 0.0588. The molecule has 1 heterocycles. The number of hydrogen-bond donors (Lipinski definition) is 1. The van der Waals surface area contributed by atoms with Crippen molar-refractivity contribution in [3.63, 3.8) is 0 Å². The highest BCUT2D eigenvalue weighted by Crippen LogP contribution is 2.11. The van der Waals surface area contributed by atoms with Gasteiger partial charge in [0.05, 0.1) is 18.0 Å². The number of nitrogens with zero attached hydrogens (tertiary/aromatic N) is 1. The predicted molar refractivity (Wildman–Crippen MR) is 68.8 cm³/mol. The molecular formula is C12H16N2O4S. The summed E-state index contributed by atoms with van der Waals surface area (Å²) in [6.45, 7) is 2.68. The van der Waals surface area contributed by atoms with E-state index in [1.54, 1.807) is 12.1 Å². The number of hydroxylamine groups is 2. The van der Waals surface area contributed by atoms with Crippen molar-refractivity contribution in [3.05, 3.63) is 29.8 Å². The second-order valence-corrected chi connectivity index (χ2v) is 6.05. The maximum atomic E-state index is 12.0. The van der Waals surface area contributed by atoms with Gasteiger partial charge in [0.15, 0.2) is 0 Å². The largest absolute Gasteiger partial charge is 0.355 e. The summed E-state index contributed by atoms with van der Waals surface area (Å²) in [4.78, 5) is 16.9. The Morgan fingerprint density at radius 3 is 2.53 bits per heavy atom. The molecule has 0 spiro atoms. The van der Waals surface area contributed by atoms with Crippen LogP contribution in [-0.2, 0) is 14.9 Å². The molecule has 2 amide bonds. The lowest BCUT2D eigenvalue weighted by molar-refractivity contribution is -0.138. The van der Waals surface area contributed by atoms with E-state index in [9.17, 15) is 13.2 Å². The number of hydrogen-bond acceptors (Lipinski definition) is 4. The van der Waals surface area contributed by atoms with Crippen molar-refractivity contribution in [1.29, 1.82) is 0 Å². The predicted octanol–water partition coefficient (Wildman–Crippen LogP) is 1.42. The second kappa shape index (κ2) is 5.58. The molecule has 0 saturated carbocycles. The molecule has 0 atom stereocenters. The van der Waals surface area contributed by atoms with Gasteiger partial charge in [0, 0.05) is 0 Å². The fourth-order valence-corrected chi connectivity index (χ4v) is 2.64. The van der Waals surface area contributed by atoms with Crippen LogP contribution in [0.2, 0.25) is 0 Å². The zero-order chi connectivity index (χ0) is 13.9. The smallest absolute Gasteiger partial charge is 0.269 e. The monoisotopic (exact) mass is 284 g/mol. The van der Waals surface area contributed by atoms with Gasteiger partial charge in [-0.25, -0.2) is 23.0 Å². The number of aryl methyl sites for hydroxylation is 1. The molecule has 1 saturated heterocycles. The summed E-state index contributed by atoms with van der Waals surface area (Å²) in [6.07, 6.45) is 1.67.